The first-order valence-corrected chi connectivity index (χ1v) is 7.54. The van der Waals surface area contributed by atoms with Crippen LogP contribution in [0.4, 0.5) is 0 Å². The summed E-state index contributed by atoms with van der Waals surface area (Å²) >= 11 is 0. The third-order valence-corrected chi connectivity index (χ3v) is 3.98. The molecule has 3 aromatic rings. The van der Waals surface area contributed by atoms with E-state index in [0.717, 1.165) is 25.3 Å². The summed E-state index contributed by atoms with van der Waals surface area (Å²) in [6.07, 6.45) is 1.79. The van der Waals surface area contributed by atoms with E-state index in [1.807, 2.05) is 30.3 Å². The normalized spacial score (nSPS) is 19.1. The van der Waals surface area contributed by atoms with Crippen molar-refractivity contribution >= 4 is 0 Å². The van der Waals surface area contributed by atoms with E-state index in [2.05, 4.69) is 37.7 Å². The molecule has 1 saturated heterocycles. The lowest BCUT2D eigenvalue weighted by molar-refractivity contribution is 0.190. The highest BCUT2D eigenvalue weighted by atomic mass is 16.5. The number of likely N-dealkylation sites (N-methyl/N-ethyl adjacent to an activating group) is 1. The Morgan fingerprint density at radius 1 is 1.26 bits per heavy atom. The Morgan fingerprint density at radius 2 is 2.13 bits per heavy atom. The lowest BCUT2D eigenvalue weighted by atomic mass is 10.2. The number of rotatable bonds is 3. The Morgan fingerprint density at radius 3 is 2.96 bits per heavy atom. The van der Waals surface area contributed by atoms with E-state index < -0.39 is 0 Å². The molecule has 1 N–H and O–H groups in total. The summed E-state index contributed by atoms with van der Waals surface area (Å²) in [5.74, 6) is 1.06. The van der Waals surface area contributed by atoms with Crippen LogP contribution in [0.5, 0.6) is 0 Å². The van der Waals surface area contributed by atoms with Crippen LogP contribution in [0.15, 0.2) is 41.1 Å². The molecule has 0 aliphatic carbocycles. The molecule has 1 aromatic carbocycles. The van der Waals surface area contributed by atoms with Crippen molar-refractivity contribution in [3.8, 4) is 17.3 Å². The van der Waals surface area contributed by atoms with Crippen LogP contribution in [-0.4, -0.2) is 56.7 Å². The predicted molar refractivity (Wildman–Crippen MR) is 82.9 cm³/mol. The number of nitrogens with zero attached hydrogens (tertiary/aromatic N) is 6. The summed E-state index contributed by atoms with van der Waals surface area (Å²) < 4.78 is 7.06. The van der Waals surface area contributed by atoms with Crippen LogP contribution < -0.4 is 5.32 Å². The van der Waals surface area contributed by atoms with Crippen molar-refractivity contribution in [1.29, 1.82) is 0 Å². The SMILES string of the molecule is CN1CCNCC1c1noc(-c2cn(-c3ccccc3)nn2)n1. The minimum atomic E-state index is 0.116. The van der Waals surface area contributed by atoms with E-state index in [4.69, 9.17) is 4.52 Å². The van der Waals surface area contributed by atoms with Gasteiger partial charge in [-0.3, -0.25) is 4.90 Å². The van der Waals surface area contributed by atoms with Gasteiger partial charge in [0.25, 0.3) is 5.89 Å². The number of para-hydroxylation sites is 1. The highest BCUT2D eigenvalue weighted by Gasteiger charge is 2.26. The molecule has 8 heteroatoms. The van der Waals surface area contributed by atoms with E-state index in [1.54, 1.807) is 10.9 Å². The predicted octanol–water partition coefficient (Wildman–Crippen LogP) is 0.893. The number of hydrogen-bond acceptors (Lipinski definition) is 7. The van der Waals surface area contributed by atoms with Crippen molar-refractivity contribution < 1.29 is 4.52 Å². The Kier molecular flexibility index (Phi) is 3.60. The van der Waals surface area contributed by atoms with Crippen LogP contribution in [0.25, 0.3) is 17.3 Å². The quantitative estimate of drug-likeness (QED) is 0.769. The second kappa shape index (κ2) is 5.90. The summed E-state index contributed by atoms with van der Waals surface area (Å²) in [7, 11) is 2.06. The van der Waals surface area contributed by atoms with Gasteiger partial charge in [0.15, 0.2) is 11.5 Å². The first kappa shape index (κ1) is 14.0. The maximum absolute atomic E-state index is 5.37. The van der Waals surface area contributed by atoms with Gasteiger partial charge in [-0.25, -0.2) is 4.68 Å². The standard InChI is InChI=1S/C15H17N7O/c1-21-8-7-16-9-13(21)14-17-15(23-19-14)12-10-22(20-18-12)11-5-3-2-4-6-11/h2-6,10,13,16H,7-9H2,1H3. The molecule has 4 rings (SSSR count). The number of benzene rings is 1. The molecule has 0 spiro atoms. The Labute approximate surface area is 133 Å². The maximum Gasteiger partial charge on any atom is 0.280 e. The molecule has 3 heterocycles. The second-order valence-electron chi connectivity index (χ2n) is 5.54. The van der Waals surface area contributed by atoms with Crippen LogP contribution in [0.2, 0.25) is 0 Å². The molecule has 8 nitrogen and oxygen atoms in total. The third-order valence-electron chi connectivity index (χ3n) is 3.98. The van der Waals surface area contributed by atoms with Crippen LogP contribution in [0, 0.1) is 0 Å². The van der Waals surface area contributed by atoms with E-state index in [9.17, 15) is 0 Å². The summed E-state index contributed by atoms with van der Waals surface area (Å²) in [6, 6.07) is 9.90. The monoisotopic (exact) mass is 311 g/mol. The van der Waals surface area contributed by atoms with Gasteiger partial charge in [-0.1, -0.05) is 28.6 Å². The van der Waals surface area contributed by atoms with Crippen LogP contribution in [0.1, 0.15) is 11.9 Å². The van der Waals surface area contributed by atoms with E-state index in [1.165, 1.54) is 0 Å². The molecular formula is C15H17N7O. The highest BCUT2D eigenvalue weighted by molar-refractivity contribution is 5.45. The summed E-state index contributed by atoms with van der Waals surface area (Å²) in [5.41, 5.74) is 1.50. The van der Waals surface area contributed by atoms with Gasteiger partial charge in [-0.15, -0.1) is 5.10 Å². The van der Waals surface area contributed by atoms with Crippen LogP contribution in [0.3, 0.4) is 0 Å². The molecule has 1 atom stereocenters. The molecule has 1 aliphatic heterocycles. The van der Waals surface area contributed by atoms with Gasteiger partial charge in [0.05, 0.1) is 17.9 Å². The maximum atomic E-state index is 5.37. The van der Waals surface area contributed by atoms with E-state index in [-0.39, 0.29) is 6.04 Å². The lowest BCUT2D eigenvalue weighted by Gasteiger charge is -2.30. The molecule has 1 aliphatic rings. The summed E-state index contributed by atoms with van der Waals surface area (Å²) in [4.78, 5) is 6.70. The van der Waals surface area contributed by atoms with Gasteiger partial charge < -0.3 is 9.84 Å². The van der Waals surface area contributed by atoms with Crippen molar-refractivity contribution in [2.45, 2.75) is 6.04 Å². The summed E-state index contributed by atoms with van der Waals surface area (Å²) in [5, 5.41) is 15.7. The number of nitrogens with one attached hydrogen (secondary N) is 1. The molecule has 0 saturated carbocycles. The summed E-state index contributed by atoms with van der Waals surface area (Å²) in [6.45, 7) is 2.74. The molecule has 23 heavy (non-hydrogen) atoms. The van der Waals surface area contributed by atoms with Gasteiger partial charge >= 0.3 is 0 Å². The Balaban J connectivity index is 1.59. The van der Waals surface area contributed by atoms with Crippen molar-refractivity contribution in [2.75, 3.05) is 26.7 Å². The third kappa shape index (κ3) is 2.73. The molecule has 1 unspecified atom stereocenters. The average molecular weight is 311 g/mol. The van der Waals surface area contributed by atoms with Gasteiger partial charge in [-0.2, -0.15) is 4.98 Å². The molecule has 118 valence electrons. The van der Waals surface area contributed by atoms with E-state index in [0.29, 0.717) is 17.4 Å². The molecule has 0 amide bonds. The minimum Gasteiger partial charge on any atom is -0.332 e. The van der Waals surface area contributed by atoms with Gasteiger partial charge in [-0.05, 0) is 19.2 Å². The van der Waals surface area contributed by atoms with E-state index >= 15 is 0 Å². The molecule has 2 aromatic heterocycles. The van der Waals surface area contributed by atoms with Crippen molar-refractivity contribution in [2.24, 2.45) is 0 Å². The number of hydrogen-bond donors (Lipinski definition) is 1. The van der Waals surface area contributed by atoms with Crippen LogP contribution >= 0.6 is 0 Å². The average Bonchev–Trinajstić information content (AvgIpc) is 3.25. The Bertz CT molecular complexity index is 782. The minimum absolute atomic E-state index is 0.116. The van der Waals surface area contributed by atoms with Crippen molar-refractivity contribution in [3.05, 3.63) is 42.4 Å². The Hall–Kier alpha value is -2.58. The fourth-order valence-corrected chi connectivity index (χ4v) is 2.64. The smallest absolute Gasteiger partial charge is 0.280 e. The zero-order chi connectivity index (χ0) is 15.6. The van der Waals surface area contributed by atoms with Crippen molar-refractivity contribution in [1.82, 2.24) is 35.4 Å². The number of aromatic nitrogens is 5. The second-order valence-corrected chi connectivity index (χ2v) is 5.54. The molecule has 1 fully saturated rings. The lowest BCUT2D eigenvalue weighted by Crippen LogP contribution is -2.44. The van der Waals surface area contributed by atoms with Gasteiger partial charge in [0, 0.05) is 19.6 Å². The highest BCUT2D eigenvalue weighted by Crippen LogP contribution is 2.21. The fourth-order valence-electron chi connectivity index (χ4n) is 2.64. The molecular weight excluding hydrogens is 294 g/mol. The first-order chi connectivity index (χ1) is 11.3. The zero-order valence-electron chi connectivity index (χ0n) is 12.8. The molecule has 0 radical (unpaired) electrons. The topological polar surface area (TPSA) is 84.9 Å². The van der Waals surface area contributed by atoms with Gasteiger partial charge in [0.2, 0.25) is 0 Å². The first-order valence-electron chi connectivity index (χ1n) is 7.54. The van der Waals surface area contributed by atoms with Crippen molar-refractivity contribution in [3.63, 3.8) is 0 Å². The van der Waals surface area contributed by atoms with Gasteiger partial charge in [0.1, 0.15) is 0 Å². The largest absolute Gasteiger partial charge is 0.332 e. The fraction of sp³-hybridized carbons (Fsp3) is 0.333. The zero-order valence-corrected chi connectivity index (χ0v) is 12.8. The van der Waals surface area contributed by atoms with Crippen LogP contribution in [-0.2, 0) is 0 Å². The number of piperazine rings is 1. The molecule has 0 bridgehead atoms.